The van der Waals surface area contributed by atoms with Crippen molar-refractivity contribution in [3.8, 4) is 0 Å². The molecular formula is C25H25Cl2N3O5S2. The van der Waals surface area contributed by atoms with Gasteiger partial charge in [-0.2, -0.15) is 0 Å². The second-order valence-corrected chi connectivity index (χ2v) is 13.2. The van der Waals surface area contributed by atoms with E-state index in [1.54, 1.807) is 48.5 Å². The topological polar surface area (TPSA) is 113 Å². The van der Waals surface area contributed by atoms with Crippen LogP contribution in [0.1, 0.15) is 18.4 Å². The van der Waals surface area contributed by atoms with Crippen LogP contribution in [-0.2, 0) is 30.6 Å². The first kappa shape index (κ1) is 27.4. The van der Waals surface area contributed by atoms with Crippen LogP contribution >= 0.6 is 23.2 Å². The van der Waals surface area contributed by atoms with Gasteiger partial charge in [-0.15, -0.1) is 0 Å². The lowest BCUT2D eigenvalue weighted by atomic mass is 9.97. The molecule has 0 aliphatic carbocycles. The third kappa shape index (κ3) is 7.24. The minimum atomic E-state index is -3.81. The molecule has 0 spiro atoms. The molecule has 196 valence electrons. The van der Waals surface area contributed by atoms with E-state index in [4.69, 9.17) is 23.2 Å². The van der Waals surface area contributed by atoms with Crippen molar-refractivity contribution < 1.29 is 21.6 Å². The monoisotopic (exact) mass is 581 g/mol. The number of halogens is 2. The van der Waals surface area contributed by atoms with E-state index in [1.807, 2.05) is 0 Å². The average Bonchev–Trinajstić information content (AvgIpc) is 2.87. The average molecular weight is 583 g/mol. The van der Waals surface area contributed by atoms with Gasteiger partial charge in [-0.3, -0.25) is 9.52 Å². The Labute approximate surface area is 226 Å². The molecule has 1 heterocycles. The fraction of sp³-hybridized carbons (Fsp3) is 0.240. The zero-order valence-electron chi connectivity index (χ0n) is 19.6. The largest absolute Gasteiger partial charge is 0.326 e. The number of sulfonamides is 2. The highest BCUT2D eigenvalue weighted by Crippen LogP contribution is 2.25. The highest BCUT2D eigenvalue weighted by Gasteiger charge is 2.31. The SMILES string of the molecule is O=C(Nc1ccc(S(=O)(=O)Nc2ccc(Cl)cc2)cc1)C1CCN(S(=O)(=O)Cc2ccc(Cl)cc2)CC1. The molecule has 12 heteroatoms. The Balaban J connectivity index is 1.30. The second-order valence-electron chi connectivity index (χ2n) is 8.68. The molecule has 37 heavy (non-hydrogen) atoms. The maximum atomic E-state index is 12.8. The van der Waals surface area contributed by atoms with Crippen LogP contribution in [0.15, 0.2) is 77.7 Å². The molecule has 0 atom stereocenters. The van der Waals surface area contributed by atoms with E-state index in [9.17, 15) is 21.6 Å². The van der Waals surface area contributed by atoms with Crippen molar-refractivity contribution in [1.82, 2.24) is 4.31 Å². The minimum absolute atomic E-state index is 0.0413. The van der Waals surface area contributed by atoms with E-state index in [0.717, 1.165) is 0 Å². The molecule has 1 aliphatic heterocycles. The molecule has 1 saturated heterocycles. The molecule has 8 nitrogen and oxygen atoms in total. The Morgan fingerprint density at radius 1 is 0.784 bits per heavy atom. The highest BCUT2D eigenvalue weighted by molar-refractivity contribution is 7.92. The minimum Gasteiger partial charge on any atom is -0.326 e. The van der Waals surface area contributed by atoms with Gasteiger partial charge < -0.3 is 5.32 Å². The number of amides is 1. The number of anilines is 2. The Kier molecular flexibility index (Phi) is 8.45. The molecule has 1 aliphatic rings. The molecule has 0 saturated carbocycles. The third-order valence-corrected chi connectivity index (χ3v) is 9.76. The van der Waals surface area contributed by atoms with Crippen LogP contribution in [0.25, 0.3) is 0 Å². The van der Waals surface area contributed by atoms with Crippen molar-refractivity contribution in [3.63, 3.8) is 0 Å². The first-order valence-corrected chi connectivity index (χ1v) is 15.3. The van der Waals surface area contributed by atoms with Gasteiger partial charge in [-0.25, -0.2) is 21.1 Å². The number of piperidine rings is 1. The highest BCUT2D eigenvalue weighted by atomic mass is 35.5. The predicted octanol–water partition coefficient (Wildman–Crippen LogP) is 4.97. The summed E-state index contributed by atoms with van der Waals surface area (Å²) in [5.41, 5.74) is 1.48. The number of nitrogens with zero attached hydrogens (tertiary/aromatic N) is 1. The Morgan fingerprint density at radius 3 is 1.86 bits per heavy atom. The fourth-order valence-electron chi connectivity index (χ4n) is 3.97. The summed E-state index contributed by atoms with van der Waals surface area (Å²) in [6.07, 6.45) is 0.784. The molecule has 3 aromatic rings. The summed E-state index contributed by atoms with van der Waals surface area (Å²) >= 11 is 11.7. The smallest absolute Gasteiger partial charge is 0.261 e. The van der Waals surface area contributed by atoms with E-state index in [2.05, 4.69) is 10.0 Å². The number of carbonyl (C=O) groups excluding carboxylic acids is 1. The molecule has 1 amide bonds. The third-order valence-electron chi connectivity index (χ3n) is 6.01. The second kappa shape index (κ2) is 11.4. The molecule has 3 aromatic carbocycles. The molecule has 0 radical (unpaired) electrons. The van der Waals surface area contributed by atoms with E-state index < -0.39 is 20.0 Å². The van der Waals surface area contributed by atoms with Gasteiger partial charge in [0.1, 0.15) is 0 Å². The molecule has 1 fully saturated rings. The molecule has 0 bridgehead atoms. The standard InChI is InChI=1S/C25H25Cl2N3O5S2/c26-20-3-1-18(2-4-20)17-36(32,33)30-15-13-19(14-16-30)25(31)28-22-9-11-24(12-10-22)37(34,35)29-23-7-5-21(27)6-8-23/h1-12,19,29H,13-17H2,(H,28,31). The summed E-state index contributed by atoms with van der Waals surface area (Å²) in [6, 6.07) is 18.8. The zero-order chi connectivity index (χ0) is 26.6. The van der Waals surface area contributed by atoms with Gasteiger partial charge >= 0.3 is 0 Å². The summed E-state index contributed by atoms with van der Waals surface area (Å²) in [4.78, 5) is 12.8. The maximum absolute atomic E-state index is 12.8. The van der Waals surface area contributed by atoms with Gasteiger partial charge in [0.2, 0.25) is 15.9 Å². The number of nitrogens with one attached hydrogen (secondary N) is 2. The Bertz CT molecular complexity index is 1450. The van der Waals surface area contributed by atoms with Crippen LogP contribution in [0.2, 0.25) is 10.0 Å². The van der Waals surface area contributed by atoms with Crippen LogP contribution in [0.4, 0.5) is 11.4 Å². The predicted molar refractivity (Wildman–Crippen MR) is 146 cm³/mol. The van der Waals surface area contributed by atoms with Gasteiger partial charge in [-0.1, -0.05) is 35.3 Å². The lowest BCUT2D eigenvalue weighted by molar-refractivity contribution is -0.120. The quantitative estimate of drug-likeness (QED) is 0.389. The molecule has 4 rings (SSSR count). The number of hydrogen-bond donors (Lipinski definition) is 2. The van der Waals surface area contributed by atoms with Crippen LogP contribution in [0, 0.1) is 5.92 Å². The van der Waals surface area contributed by atoms with Crippen LogP contribution in [-0.4, -0.2) is 40.1 Å². The Hall–Kier alpha value is -2.63. The van der Waals surface area contributed by atoms with Crippen LogP contribution < -0.4 is 10.0 Å². The van der Waals surface area contributed by atoms with Gasteiger partial charge in [0.15, 0.2) is 0 Å². The summed E-state index contributed by atoms with van der Waals surface area (Å²) in [7, 11) is -7.32. The zero-order valence-corrected chi connectivity index (χ0v) is 22.7. The van der Waals surface area contributed by atoms with Crippen molar-refractivity contribution in [1.29, 1.82) is 0 Å². The number of rotatable bonds is 8. The van der Waals surface area contributed by atoms with Gasteiger partial charge in [0.25, 0.3) is 10.0 Å². The lowest BCUT2D eigenvalue weighted by Gasteiger charge is -2.30. The first-order chi connectivity index (χ1) is 17.5. The van der Waals surface area contributed by atoms with Gasteiger partial charge in [0.05, 0.1) is 10.6 Å². The molecule has 2 N–H and O–H groups in total. The molecule has 0 unspecified atom stereocenters. The maximum Gasteiger partial charge on any atom is 0.261 e. The van der Waals surface area contributed by atoms with Crippen molar-refractivity contribution in [2.75, 3.05) is 23.1 Å². The molecule has 0 aromatic heterocycles. The van der Waals surface area contributed by atoms with Crippen molar-refractivity contribution in [2.45, 2.75) is 23.5 Å². The summed E-state index contributed by atoms with van der Waals surface area (Å²) in [6.45, 7) is 0.503. The fourth-order valence-corrected chi connectivity index (χ4v) is 6.85. The number of carbonyl (C=O) groups is 1. The normalized spacial score (nSPS) is 15.3. The van der Waals surface area contributed by atoms with Crippen LogP contribution in [0.3, 0.4) is 0 Å². The van der Waals surface area contributed by atoms with Crippen LogP contribution in [0.5, 0.6) is 0 Å². The number of benzene rings is 3. The van der Waals surface area contributed by atoms with Gasteiger partial charge in [0, 0.05) is 40.4 Å². The van der Waals surface area contributed by atoms with Gasteiger partial charge in [-0.05, 0) is 79.1 Å². The summed E-state index contributed by atoms with van der Waals surface area (Å²) in [5, 5.41) is 3.83. The Morgan fingerprint density at radius 2 is 1.30 bits per heavy atom. The van der Waals surface area contributed by atoms with E-state index in [0.29, 0.717) is 39.8 Å². The van der Waals surface area contributed by atoms with E-state index >= 15 is 0 Å². The van der Waals surface area contributed by atoms with Crippen molar-refractivity contribution >= 4 is 60.5 Å². The first-order valence-electron chi connectivity index (χ1n) is 11.4. The van der Waals surface area contributed by atoms with E-state index in [1.165, 1.54) is 28.6 Å². The lowest BCUT2D eigenvalue weighted by Crippen LogP contribution is -2.41. The van der Waals surface area contributed by atoms with E-state index in [-0.39, 0.29) is 35.6 Å². The summed E-state index contributed by atoms with van der Waals surface area (Å²) in [5.74, 6) is -0.704. The molecular weight excluding hydrogens is 557 g/mol. The number of hydrogen-bond acceptors (Lipinski definition) is 5. The van der Waals surface area contributed by atoms with Crippen molar-refractivity contribution in [2.24, 2.45) is 5.92 Å². The summed E-state index contributed by atoms with van der Waals surface area (Å²) < 4.78 is 54.7. The van der Waals surface area contributed by atoms with Crippen molar-refractivity contribution in [3.05, 3.63) is 88.4 Å².